The van der Waals surface area contributed by atoms with Gasteiger partial charge in [0.15, 0.2) is 23.3 Å². The Kier molecular flexibility index (Phi) is 3.51. The molecular weight excluding hydrogens is 228 g/mol. The molecule has 0 bridgehead atoms. The van der Waals surface area contributed by atoms with E-state index >= 15 is 0 Å². The van der Waals surface area contributed by atoms with Crippen LogP contribution in [0.1, 0.15) is 24.8 Å². The number of aliphatic carboxylic acids is 1. The second-order valence-corrected chi connectivity index (χ2v) is 3.18. The van der Waals surface area contributed by atoms with E-state index in [4.69, 9.17) is 5.11 Å². The van der Waals surface area contributed by atoms with E-state index in [-0.39, 0.29) is 12.5 Å². The Morgan fingerprint density at radius 2 is 1.69 bits per heavy atom. The van der Waals surface area contributed by atoms with Crippen LogP contribution < -0.4 is 0 Å². The molecule has 0 saturated heterocycles. The van der Waals surface area contributed by atoms with Gasteiger partial charge in [0.1, 0.15) is 0 Å². The number of carboxylic acids is 1. The summed E-state index contributed by atoms with van der Waals surface area (Å²) in [5.74, 6) is -9.67. The Balaban J connectivity index is 3.47. The molecule has 0 heterocycles. The summed E-state index contributed by atoms with van der Waals surface area (Å²) in [6.07, 6.45) is -0.175. The highest BCUT2D eigenvalue weighted by Gasteiger charge is 2.29. The van der Waals surface area contributed by atoms with Crippen molar-refractivity contribution in [1.29, 1.82) is 0 Å². The Labute approximate surface area is 88.5 Å². The summed E-state index contributed by atoms with van der Waals surface area (Å²) in [5.41, 5.74) is -1.08. The van der Waals surface area contributed by atoms with Crippen molar-refractivity contribution >= 4 is 5.97 Å². The first-order valence-corrected chi connectivity index (χ1v) is 4.45. The van der Waals surface area contributed by atoms with Crippen LogP contribution in [0.2, 0.25) is 0 Å². The first-order valence-electron chi connectivity index (χ1n) is 4.45. The minimum atomic E-state index is -1.66. The van der Waals surface area contributed by atoms with Crippen LogP contribution in [0, 0.1) is 23.3 Å². The van der Waals surface area contributed by atoms with E-state index in [0.717, 1.165) is 0 Å². The maximum Gasteiger partial charge on any atom is 0.311 e. The molecule has 16 heavy (non-hydrogen) atoms. The minimum absolute atomic E-state index is 0.0444. The molecule has 1 aromatic rings. The normalized spacial score (nSPS) is 12.6. The van der Waals surface area contributed by atoms with E-state index in [9.17, 15) is 22.4 Å². The molecule has 0 spiro atoms. The topological polar surface area (TPSA) is 37.3 Å². The second kappa shape index (κ2) is 4.51. The average Bonchev–Trinajstić information content (AvgIpc) is 2.21. The standard InChI is InChI=1S/C10H8F4O2/c1-2-4(10(15)16)7-8(13)5(11)3-6(12)9(7)14/h3-4H,2H2,1H3,(H,15,16). The molecule has 0 radical (unpaired) electrons. The largest absolute Gasteiger partial charge is 0.481 e. The van der Waals surface area contributed by atoms with E-state index in [2.05, 4.69) is 0 Å². The van der Waals surface area contributed by atoms with Gasteiger partial charge in [0.25, 0.3) is 0 Å². The lowest BCUT2D eigenvalue weighted by molar-refractivity contribution is -0.139. The number of hydrogen-bond donors (Lipinski definition) is 1. The first-order chi connectivity index (χ1) is 7.40. The molecule has 1 atom stereocenters. The van der Waals surface area contributed by atoms with Crippen molar-refractivity contribution in [3.8, 4) is 0 Å². The van der Waals surface area contributed by atoms with Crippen LogP contribution >= 0.6 is 0 Å². The van der Waals surface area contributed by atoms with Gasteiger partial charge in [-0.1, -0.05) is 6.92 Å². The minimum Gasteiger partial charge on any atom is -0.481 e. The molecule has 1 rings (SSSR count). The number of hydrogen-bond acceptors (Lipinski definition) is 1. The molecule has 88 valence electrons. The summed E-state index contributed by atoms with van der Waals surface area (Å²) in [5, 5.41) is 8.68. The van der Waals surface area contributed by atoms with Gasteiger partial charge in [-0.2, -0.15) is 0 Å². The summed E-state index contributed by atoms with van der Waals surface area (Å²) in [4.78, 5) is 10.7. The van der Waals surface area contributed by atoms with Gasteiger partial charge in [-0.05, 0) is 6.42 Å². The van der Waals surface area contributed by atoms with Gasteiger partial charge in [-0.15, -0.1) is 0 Å². The fraction of sp³-hybridized carbons (Fsp3) is 0.300. The Morgan fingerprint density at radius 1 is 1.25 bits per heavy atom. The van der Waals surface area contributed by atoms with Crippen LogP contribution in [0.3, 0.4) is 0 Å². The van der Waals surface area contributed by atoms with E-state index in [0.29, 0.717) is 0 Å². The van der Waals surface area contributed by atoms with E-state index in [1.165, 1.54) is 6.92 Å². The lowest BCUT2D eigenvalue weighted by Crippen LogP contribution is -2.16. The summed E-state index contributed by atoms with van der Waals surface area (Å²) < 4.78 is 52.0. The second-order valence-electron chi connectivity index (χ2n) is 3.18. The summed E-state index contributed by atoms with van der Waals surface area (Å²) >= 11 is 0. The maximum atomic E-state index is 13.2. The number of rotatable bonds is 3. The zero-order chi connectivity index (χ0) is 12.5. The van der Waals surface area contributed by atoms with Gasteiger partial charge in [-0.3, -0.25) is 4.79 Å². The molecule has 0 aliphatic rings. The number of carboxylic acid groups (broad SMARTS) is 1. The fourth-order valence-corrected chi connectivity index (χ4v) is 1.40. The smallest absolute Gasteiger partial charge is 0.311 e. The molecule has 1 N–H and O–H groups in total. The van der Waals surface area contributed by atoms with Gasteiger partial charge in [0, 0.05) is 11.6 Å². The predicted molar refractivity (Wildman–Crippen MR) is 46.9 cm³/mol. The van der Waals surface area contributed by atoms with E-state index < -0.39 is 40.7 Å². The maximum absolute atomic E-state index is 13.2. The zero-order valence-corrected chi connectivity index (χ0v) is 8.23. The summed E-state index contributed by atoms with van der Waals surface area (Å²) in [7, 11) is 0. The highest BCUT2D eigenvalue weighted by Crippen LogP contribution is 2.28. The fourth-order valence-electron chi connectivity index (χ4n) is 1.40. The molecule has 0 saturated carbocycles. The van der Waals surface area contributed by atoms with Gasteiger partial charge in [0.2, 0.25) is 0 Å². The van der Waals surface area contributed by atoms with Crippen LogP contribution in [0.25, 0.3) is 0 Å². The average molecular weight is 236 g/mol. The Hall–Kier alpha value is -1.59. The van der Waals surface area contributed by atoms with Gasteiger partial charge >= 0.3 is 5.97 Å². The van der Waals surface area contributed by atoms with Gasteiger partial charge < -0.3 is 5.11 Å². The third-order valence-electron chi connectivity index (χ3n) is 2.20. The molecule has 1 unspecified atom stereocenters. The summed E-state index contributed by atoms with van der Waals surface area (Å²) in [6.45, 7) is 1.35. The molecule has 2 nitrogen and oxygen atoms in total. The molecule has 0 fully saturated rings. The highest BCUT2D eigenvalue weighted by atomic mass is 19.2. The van der Waals surface area contributed by atoms with E-state index in [1.807, 2.05) is 0 Å². The van der Waals surface area contributed by atoms with Crippen LogP contribution in [-0.4, -0.2) is 11.1 Å². The summed E-state index contributed by atoms with van der Waals surface area (Å²) in [6, 6.07) is 0.0444. The van der Waals surface area contributed by atoms with Crippen LogP contribution in [0.4, 0.5) is 17.6 Å². The molecule has 1 aromatic carbocycles. The van der Waals surface area contributed by atoms with Crippen molar-refractivity contribution in [1.82, 2.24) is 0 Å². The molecule has 0 amide bonds. The molecule has 0 aliphatic heterocycles. The lowest BCUT2D eigenvalue weighted by atomic mass is 9.95. The first kappa shape index (κ1) is 12.5. The number of halogens is 4. The highest BCUT2D eigenvalue weighted by molar-refractivity contribution is 5.76. The van der Waals surface area contributed by atoms with Crippen molar-refractivity contribution < 1.29 is 27.5 Å². The van der Waals surface area contributed by atoms with Crippen molar-refractivity contribution in [2.45, 2.75) is 19.3 Å². The van der Waals surface area contributed by atoms with Gasteiger partial charge in [0.05, 0.1) is 5.92 Å². The van der Waals surface area contributed by atoms with Crippen molar-refractivity contribution in [3.05, 3.63) is 34.9 Å². The lowest BCUT2D eigenvalue weighted by Gasteiger charge is -2.13. The van der Waals surface area contributed by atoms with Gasteiger partial charge in [-0.25, -0.2) is 17.6 Å². The number of carbonyl (C=O) groups is 1. The van der Waals surface area contributed by atoms with Crippen molar-refractivity contribution in [2.24, 2.45) is 0 Å². The van der Waals surface area contributed by atoms with E-state index in [1.54, 1.807) is 0 Å². The SMILES string of the molecule is CCC(C(=O)O)c1c(F)c(F)cc(F)c1F. The zero-order valence-electron chi connectivity index (χ0n) is 8.23. The molecule has 6 heteroatoms. The quantitative estimate of drug-likeness (QED) is 0.647. The predicted octanol–water partition coefficient (Wildman–Crippen LogP) is 2.82. The molecular formula is C10H8F4O2. The van der Waals surface area contributed by atoms with Crippen LogP contribution in [0.5, 0.6) is 0 Å². The monoisotopic (exact) mass is 236 g/mol. The van der Waals surface area contributed by atoms with Crippen molar-refractivity contribution in [2.75, 3.05) is 0 Å². The third kappa shape index (κ3) is 2.00. The van der Waals surface area contributed by atoms with Crippen LogP contribution in [0.15, 0.2) is 6.07 Å². The third-order valence-corrected chi connectivity index (χ3v) is 2.20. The number of benzene rings is 1. The van der Waals surface area contributed by atoms with Crippen LogP contribution in [-0.2, 0) is 4.79 Å². The molecule has 0 aromatic heterocycles. The Morgan fingerprint density at radius 3 is 2.00 bits per heavy atom. The molecule has 0 aliphatic carbocycles. The van der Waals surface area contributed by atoms with Crippen molar-refractivity contribution in [3.63, 3.8) is 0 Å². The Bertz CT molecular complexity index is 405.